The molecule has 0 aromatic heterocycles. The zero-order valence-corrected chi connectivity index (χ0v) is 6.59. The smallest absolute Gasteiger partial charge is 0.0543 e. The van der Waals surface area contributed by atoms with E-state index < -0.39 is 0 Å². The van der Waals surface area contributed by atoms with Crippen molar-refractivity contribution in [2.24, 2.45) is 11.0 Å². The van der Waals surface area contributed by atoms with E-state index in [1.807, 2.05) is 6.21 Å². The quantitative estimate of drug-likeness (QED) is 0.615. The highest BCUT2D eigenvalue weighted by atomic mass is 15.3. The molecule has 0 atom stereocenters. The maximum Gasteiger partial charge on any atom is 0.0543 e. The minimum absolute atomic E-state index is 0.750. The third-order valence-corrected chi connectivity index (χ3v) is 1.45. The summed E-state index contributed by atoms with van der Waals surface area (Å²) in [6.07, 6.45) is 5.09. The van der Waals surface area contributed by atoms with E-state index in [0.29, 0.717) is 0 Å². The molecule has 1 heterocycles. The Balaban J connectivity index is 2.39. The third-order valence-electron chi connectivity index (χ3n) is 1.45. The van der Waals surface area contributed by atoms with Gasteiger partial charge in [-0.05, 0) is 24.0 Å². The van der Waals surface area contributed by atoms with Gasteiger partial charge in [0, 0.05) is 6.21 Å². The summed E-state index contributed by atoms with van der Waals surface area (Å²) in [4.78, 5) is 0. The number of rotatable bonds is 2. The van der Waals surface area contributed by atoms with Gasteiger partial charge in [-0.15, -0.1) is 0 Å². The Morgan fingerprint density at radius 3 is 3.00 bits per heavy atom. The summed E-state index contributed by atoms with van der Waals surface area (Å²) in [7, 11) is 0. The van der Waals surface area contributed by atoms with Gasteiger partial charge in [0.05, 0.1) is 6.54 Å². The zero-order valence-electron chi connectivity index (χ0n) is 6.59. The van der Waals surface area contributed by atoms with Gasteiger partial charge in [0.15, 0.2) is 0 Å². The fourth-order valence-corrected chi connectivity index (χ4v) is 1.07. The number of nitrogens with zero attached hydrogens (tertiary/aromatic N) is 1. The molecule has 0 bridgehead atoms. The number of hydrogen-bond acceptors (Lipinski definition) is 2. The van der Waals surface area contributed by atoms with Crippen LogP contribution in [0.1, 0.15) is 20.3 Å². The number of allylic oxidation sites excluding steroid dienone is 1. The summed E-state index contributed by atoms with van der Waals surface area (Å²) in [6, 6.07) is 0. The molecule has 1 aliphatic rings. The van der Waals surface area contributed by atoms with Crippen LogP contribution in [0.3, 0.4) is 0 Å². The molecule has 1 aliphatic heterocycles. The molecule has 0 unspecified atom stereocenters. The number of hydrogen-bond donors (Lipinski definition) is 1. The van der Waals surface area contributed by atoms with Crippen LogP contribution in [-0.2, 0) is 0 Å². The highest BCUT2D eigenvalue weighted by Crippen LogP contribution is 2.09. The third kappa shape index (κ3) is 2.21. The van der Waals surface area contributed by atoms with Gasteiger partial charge in [-0.1, -0.05) is 13.8 Å². The van der Waals surface area contributed by atoms with Crippen LogP contribution in [0.5, 0.6) is 0 Å². The first-order valence-electron chi connectivity index (χ1n) is 3.73. The molecule has 0 radical (unpaired) electrons. The molecule has 10 heavy (non-hydrogen) atoms. The van der Waals surface area contributed by atoms with Crippen LogP contribution in [-0.4, -0.2) is 12.8 Å². The Labute approximate surface area is 62.0 Å². The van der Waals surface area contributed by atoms with Crippen LogP contribution < -0.4 is 5.43 Å². The van der Waals surface area contributed by atoms with Crippen LogP contribution in [0.2, 0.25) is 0 Å². The van der Waals surface area contributed by atoms with Gasteiger partial charge in [-0.3, -0.25) is 0 Å². The molecule has 2 nitrogen and oxygen atoms in total. The molecule has 1 rings (SSSR count). The van der Waals surface area contributed by atoms with Crippen LogP contribution in [0.25, 0.3) is 0 Å². The minimum atomic E-state index is 0.750. The maximum absolute atomic E-state index is 3.88. The average molecular weight is 138 g/mol. The topological polar surface area (TPSA) is 24.4 Å². The largest absolute Gasteiger partial charge is 0.306 e. The Hall–Kier alpha value is -0.790. The van der Waals surface area contributed by atoms with E-state index in [1.54, 1.807) is 0 Å². The fourth-order valence-electron chi connectivity index (χ4n) is 1.07. The molecule has 56 valence electrons. The lowest BCUT2D eigenvalue weighted by Crippen LogP contribution is -2.15. The molecular weight excluding hydrogens is 124 g/mol. The van der Waals surface area contributed by atoms with Crippen LogP contribution in [0, 0.1) is 5.92 Å². The second-order valence-electron chi connectivity index (χ2n) is 3.04. The summed E-state index contributed by atoms with van der Waals surface area (Å²) in [5.74, 6) is 0.750. The molecule has 0 aromatic carbocycles. The molecule has 0 spiro atoms. The van der Waals surface area contributed by atoms with E-state index >= 15 is 0 Å². The molecule has 2 heteroatoms. The molecule has 0 fully saturated rings. The fraction of sp³-hybridized carbons (Fsp3) is 0.625. The summed E-state index contributed by atoms with van der Waals surface area (Å²) in [5.41, 5.74) is 4.39. The summed E-state index contributed by atoms with van der Waals surface area (Å²) in [5, 5.41) is 3.88. The maximum atomic E-state index is 3.88. The SMILES string of the molecule is CC(C)CC1=CC=NNC1. The second-order valence-corrected chi connectivity index (χ2v) is 3.04. The molecule has 0 amide bonds. The second kappa shape index (κ2) is 3.40. The standard InChI is InChI=1S/C8H14N2/c1-7(2)5-8-3-4-9-10-6-8/h3-4,7,10H,5-6H2,1-2H3. The normalized spacial score (nSPS) is 16.9. The van der Waals surface area contributed by atoms with E-state index in [9.17, 15) is 0 Å². The molecule has 0 aliphatic carbocycles. The van der Waals surface area contributed by atoms with Gasteiger partial charge in [-0.25, -0.2) is 0 Å². The lowest BCUT2D eigenvalue weighted by molar-refractivity contribution is 0.616. The summed E-state index contributed by atoms with van der Waals surface area (Å²) in [6.45, 7) is 5.38. The Kier molecular flexibility index (Phi) is 2.49. The van der Waals surface area contributed by atoms with Gasteiger partial charge in [-0.2, -0.15) is 5.10 Å². The van der Waals surface area contributed by atoms with Crippen molar-refractivity contribution in [3.8, 4) is 0 Å². The zero-order chi connectivity index (χ0) is 7.40. The molecule has 0 saturated heterocycles. The lowest BCUT2D eigenvalue weighted by Gasteiger charge is -2.11. The van der Waals surface area contributed by atoms with Crippen molar-refractivity contribution in [1.82, 2.24) is 5.43 Å². The van der Waals surface area contributed by atoms with E-state index in [0.717, 1.165) is 12.5 Å². The first-order chi connectivity index (χ1) is 4.79. The molecule has 1 N–H and O–H groups in total. The van der Waals surface area contributed by atoms with Gasteiger partial charge >= 0.3 is 0 Å². The van der Waals surface area contributed by atoms with Crippen LogP contribution in [0.15, 0.2) is 16.8 Å². The van der Waals surface area contributed by atoms with E-state index in [2.05, 4.69) is 30.5 Å². The van der Waals surface area contributed by atoms with Crippen molar-refractivity contribution in [3.05, 3.63) is 11.6 Å². The predicted molar refractivity (Wildman–Crippen MR) is 44.0 cm³/mol. The number of hydrazone groups is 1. The highest BCUT2D eigenvalue weighted by molar-refractivity contribution is 5.72. The van der Waals surface area contributed by atoms with Crippen molar-refractivity contribution in [3.63, 3.8) is 0 Å². The average Bonchev–Trinajstić information content (AvgIpc) is 1.88. The first kappa shape index (κ1) is 7.32. The Morgan fingerprint density at radius 2 is 2.50 bits per heavy atom. The van der Waals surface area contributed by atoms with Crippen molar-refractivity contribution in [2.45, 2.75) is 20.3 Å². The van der Waals surface area contributed by atoms with Crippen molar-refractivity contribution >= 4 is 6.21 Å². The monoisotopic (exact) mass is 138 g/mol. The first-order valence-corrected chi connectivity index (χ1v) is 3.73. The van der Waals surface area contributed by atoms with E-state index in [4.69, 9.17) is 0 Å². The highest BCUT2D eigenvalue weighted by Gasteiger charge is 2.01. The molecular formula is C8H14N2. The number of nitrogens with one attached hydrogen (secondary N) is 1. The predicted octanol–water partition coefficient (Wildman–Crippen LogP) is 1.55. The van der Waals surface area contributed by atoms with E-state index in [-0.39, 0.29) is 0 Å². The van der Waals surface area contributed by atoms with Gasteiger partial charge in [0.2, 0.25) is 0 Å². The molecule has 0 saturated carbocycles. The van der Waals surface area contributed by atoms with Crippen molar-refractivity contribution in [2.75, 3.05) is 6.54 Å². The van der Waals surface area contributed by atoms with Crippen molar-refractivity contribution in [1.29, 1.82) is 0 Å². The van der Waals surface area contributed by atoms with Gasteiger partial charge in [0.1, 0.15) is 0 Å². The van der Waals surface area contributed by atoms with Gasteiger partial charge < -0.3 is 5.43 Å². The Bertz CT molecular complexity index is 157. The van der Waals surface area contributed by atoms with E-state index in [1.165, 1.54) is 12.0 Å². The van der Waals surface area contributed by atoms with Gasteiger partial charge in [0.25, 0.3) is 0 Å². The Morgan fingerprint density at radius 1 is 1.70 bits per heavy atom. The van der Waals surface area contributed by atoms with Crippen molar-refractivity contribution < 1.29 is 0 Å². The summed E-state index contributed by atoms with van der Waals surface area (Å²) >= 11 is 0. The lowest BCUT2D eigenvalue weighted by atomic mass is 10.0. The summed E-state index contributed by atoms with van der Waals surface area (Å²) < 4.78 is 0. The minimum Gasteiger partial charge on any atom is -0.306 e. The van der Waals surface area contributed by atoms with Crippen LogP contribution >= 0.6 is 0 Å². The molecule has 0 aromatic rings. The van der Waals surface area contributed by atoms with Crippen LogP contribution in [0.4, 0.5) is 0 Å².